The topological polar surface area (TPSA) is 58.6 Å². The van der Waals surface area contributed by atoms with Crippen LogP contribution in [0, 0.1) is 0 Å². The summed E-state index contributed by atoms with van der Waals surface area (Å²) in [7, 11) is 0. The first-order valence-corrected chi connectivity index (χ1v) is 11.3. The van der Waals surface area contributed by atoms with Crippen molar-refractivity contribution >= 4 is 39.3 Å². The number of hydrogen-bond donors (Lipinski definition) is 1. The minimum Gasteiger partial charge on any atom is -0.483 e. The van der Waals surface area contributed by atoms with Gasteiger partial charge in [-0.15, -0.1) is 0 Å². The first-order valence-electron chi connectivity index (χ1n) is 10.1. The lowest BCUT2D eigenvalue weighted by Gasteiger charge is -2.30. The third-order valence-electron chi connectivity index (χ3n) is 4.76. The van der Waals surface area contributed by atoms with Crippen LogP contribution < -0.4 is 10.1 Å². The zero-order valence-corrected chi connectivity index (χ0v) is 19.9. The van der Waals surface area contributed by atoms with Crippen LogP contribution in [0.5, 0.6) is 5.75 Å². The van der Waals surface area contributed by atoms with Gasteiger partial charge in [-0.3, -0.25) is 9.59 Å². The van der Waals surface area contributed by atoms with E-state index in [1.165, 1.54) is 5.56 Å². The molecule has 0 bridgehead atoms. The molecule has 30 heavy (non-hydrogen) atoms. The first kappa shape index (κ1) is 24.2. The van der Waals surface area contributed by atoms with E-state index in [9.17, 15) is 9.59 Å². The van der Waals surface area contributed by atoms with Crippen molar-refractivity contribution in [2.75, 3.05) is 13.2 Å². The molecule has 0 unspecified atom stereocenters. The van der Waals surface area contributed by atoms with Gasteiger partial charge in [0.25, 0.3) is 5.91 Å². The summed E-state index contributed by atoms with van der Waals surface area (Å²) in [4.78, 5) is 27.3. The van der Waals surface area contributed by atoms with Gasteiger partial charge in [0.1, 0.15) is 11.8 Å². The second kappa shape index (κ2) is 12.0. The molecule has 2 amide bonds. The normalized spacial score (nSPS) is 11.6. The standard InChI is InChI=1S/C23H28BrClN2O3/c1-4-16-9-12-21(19(24)13-16)30-15-22(28)27(20(5-2)23(29)26-6-3)14-17-7-10-18(25)11-8-17/h7-13,20H,4-6,14-15H2,1-3H3,(H,26,29)/t20-/m1/s1. The molecule has 1 N–H and O–H groups in total. The van der Waals surface area contributed by atoms with Crippen LogP contribution in [0.3, 0.4) is 0 Å². The van der Waals surface area contributed by atoms with E-state index in [0.717, 1.165) is 16.5 Å². The first-order chi connectivity index (χ1) is 14.4. The van der Waals surface area contributed by atoms with Crippen molar-refractivity contribution in [2.24, 2.45) is 0 Å². The highest BCUT2D eigenvalue weighted by Crippen LogP contribution is 2.26. The van der Waals surface area contributed by atoms with E-state index >= 15 is 0 Å². The number of aryl methyl sites for hydroxylation is 1. The van der Waals surface area contributed by atoms with Gasteiger partial charge >= 0.3 is 0 Å². The molecular weight excluding hydrogens is 468 g/mol. The molecule has 0 saturated carbocycles. The third kappa shape index (κ3) is 6.74. The summed E-state index contributed by atoms with van der Waals surface area (Å²) in [5, 5.41) is 3.44. The fourth-order valence-corrected chi connectivity index (χ4v) is 3.77. The number of carbonyl (C=O) groups is 2. The van der Waals surface area contributed by atoms with Gasteiger partial charge in [-0.1, -0.05) is 43.6 Å². The molecule has 2 aromatic carbocycles. The highest BCUT2D eigenvalue weighted by atomic mass is 79.9. The fourth-order valence-electron chi connectivity index (χ4n) is 3.10. The molecule has 0 radical (unpaired) electrons. The molecule has 0 saturated heterocycles. The Balaban J connectivity index is 2.19. The van der Waals surface area contributed by atoms with Crippen LogP contribution in [0.15, 0.2) is 46.9 Å². The van der Waals surface area contributed by atoms with Gasteiger partial charge < -0.3 is 15.0 Å². The lowest BCUT2D eigenvalue weighted by Crippen LogP contribution is -2.50. The Hall–Kier alpha value is -2.05. The van der Waals surface area contributed by atoms with E-state index in [0.29, 0.717) is 30.3 Å². The summed E-state index contributed by atoms with van der Waals surface area (Å²) < 4.78 is 6.58. The van der Waals surface area contributed by atoms with Crippen molar-refractivity contribution in [3.8, 4) is 5.75 Å². The Morgan fingerprint density at radius 3 is 2.33 bits per heavy atom. The number of halogens is 2. The smallest absolute Gasteiger partial charge is 0.261 e. The highest BCUT2D eigenvalue weighted by molar-refractivity contribution is 9.10. The molecule has 0 aliphatic rings. The number of nitrogens with one attached hydrogen (secondary N) is 1. The van der Waals surface area contributed by atoms with Gasteiger partial charge in [-0.05, 0) is 71.1 Å². The number of likely N-dealkylation sites (N-methyl/N-ethyl adjacent to an activating group) is 1. The van der Waals surface area contributed by atoms with Crippen LogP contribution in [0.4, 0.5) is 0 Å². The van der Waals surface area contributed by atoms with E-state index in [-0.39, 0.29) is 18.4 Å². The Morgan fingerprint density at radius 1 is 1.10 bits per heavy atom. The van der Waals surface area contributed by atoms with Gasteiger partial charge in [0.05, 0.1) is 4.47 Å². The average molecular weight is 496 g/mol. The lowest BCUT2D eigenvalue weighted by molar-refractivity contribution is -0.142. The minimum absolute atomic E-state index is 0.159. The van der Waals surface area contributed by atoms with Crippen molar-refractivity contribution < 1.29 is 14.3 Å². The van der Waals surface area contributed by atoms with E-state index < -0.39 is 6.04 Å². The monoisotopic (exact) mass is 494 g/mol. The molecule has 7 heteroatoms. The number of nitrogens with zero attached hydrogens (tertiary/aromatic N) is 1. The second-order valence-electron chi connectivity index (χ2n) is 6.87. The molecule has 1 atom stereocenters. The SMILES string of the molecule is CCNC(=O)[C@@H](CC)N(Cc1ccc(Cl)cc1)C(=O)COc1ccc(CC)cc1Br. The lowest BCUT2D eigenvalue weighted by atomic mass is 10.1. The molecule has 162 valence electrons. The van der Waals surface area contributed by atoms with Crippen LogP contribution in [0.25, 0.3) is 0 Å². The van der Waals surface area contributed by atoms with E-state index in [2.05, 4.69) is 28.2 Å². The summed E-state index contributed by atoms with van der Waals surface area (Å²) in [5.74, 6) is 0.170. The summed E-state index contributed by atoms with van der Waals surface area (Å²) in [6.07, 6.45) is 1.41. The predicted octanol–water partition coefficient (Wildman–Crippen LogP) is 4.99. The van der Waals surface area contributed by atoms with Crippen molar-refractivity contribution in [1.29, 1.82) is 0 Å². The van der Waals surface area contributed by atoms with Gasteiger partial charge in [0, 0.05) is 18.1 Å². The number of rotatable bonds is 10. The maximum Gasteiger partial charge on any atom is 0.261 e. The van der Waals surface area contributed by atoms with Crippen LogP contribution in [-0.2, 0) is 22.6 Å². The maximum absolute atomic E-state index is 13.1. The summed E-state index contributed by atoms with van der Waals surface area (Å²) >= 11 is 9.47. The van der Waals surface area contributed by atoms with Crippen molar-refractivity contribution in [3.05, 3.63) is 63.1 Å². The van der Waals surface area contributed by atoms with Crippen molar-refractivity contribution in [2.45, 2.75) is 46.2 Å². The zero-order chi connectivity index (χ0) is 22.1. The van der Waals surface area contributed by atoms with Gasteiger partial charge in [0.15, 0.2) is 6.61 Å². The van der Waals surface area contributed by atoms with Crippen LogP contribution >= 0.6 is 27.5 Å². The molecule has 2 aromatic rings. The molecule has 5 nitrogen and oxygen atoms in total. The summed E-state index contributed by atoms with van der Waals surface area (Å²) in [5.41, 5.74) is 2.07. The van der Waals surface area contributed by atoms with E-state index in [1.807, 2.05) is 44.2 Å². The number of benzene rings is 2. The summed E-state index contributed by atoms with van der Waals surface area (Å²) in [6.45, 7) is 6.47. The number of amides is 2. The molecule has 0 fully saturated rings. The Bertz CT molecular complexity index is 858. The Morgan fingerprint density at radius 2 is 1.77 bits per heavy atom. The zero-order valence-electron chi connectivity index (χ0n) is 17.6. The van der Waals surface area contributed by atoms with Crippen LogP contribution in [0.2, 0.25) is 5.02 Å². The van der Waals surface area contributed by atoms with Crippen molar-refractivity contribution in [1.82, 2.24) is 10.2 Å². The summed E-state index contributed by atoms with van der Waals surface area (Å²) in [6, 6.07) is 12.5. The number of carbonyl (C=O) groups excluding carboxylic acids is 2. The van der Waals surface area contributed by atoms with Crippen LogP contribution in [-0.4, -0.2) is 35.9 Å². The predicted molar refractivity (Wildman–Crippen MR) is 124 cm³/mol. The highest BCUT2D eigenvalue weighted by Gasteiger charge is 2.28. The van der Waals surface area contributed by atoms with Gasteiger partial charge in [-0.2, -0.15) is 0 Å². The van der Waals surface area contributed by atoms with Crippen molar-refractivity contribution in [3.63, 3.8) is 0 Å². The largest absolute Gasteiger partial charge is 0.483 e. The average Bonchev–Trinajstić information content (AvgIpc) is 2.74. The number of ether oxygens (including phenoxy) is 1. The second-order valence-corrected chi connectivity index (χ2v) is 8.16. The Kier molecular flexibility index (Phi) is 9.66. The third-order valence-corrected chi connectivity index (χ3v) is 5.63. The van der Waals surface area contributed by atoms with E-state index in [4.69, 9.17) is 16.3 Å². The maximum atomic E-state index is 13.1. The van der Waals surface area contributed by atoms with Gasteiger partial charge in [-0.25, -0.2) is 0 Å². The van der Waals surface area contributed by atoms with Gasteiger partial charge in [0.2, 0.25) is 5.91 Å². The molecule has 0 heterocycles. The molecule has 0 aromatic heterocycles. The minimum atomic E-state index is -0.581. The fraction of sp³-hybridized carbons (Fsp3) is 0.391. The molecular formula is C23H28BrClN2O3. The number of hydrogen-bond acceptors (Lipinski definition) is 3. The van der Waals surface area contributed by atoms with Crippen LogP contribution in [0.1, 0.15) is 38.3 Å². The molecule has 0 aliphatic heterocycles. The van der Waals surface area contributed by atoms with E-state index in [1.54, 1.807) is 17.0 Å². The quantitative estimate of drug-likeness (QED) is 0.505. The molecule has 2 rings (SSSR count). The Labute approximate surface area is 191 Å². The molecule has 0 spiro atoms. The molecule has 0 aliphatic carbocycles.